The van der Waals surface area contributed by atoms with Crippen molar-refractivity contribution in [1.29, 1.82) is 0 Å². The van der Waals surface area contributed by atoms with Crippen LogP contribution in [0.4, 0.5) is 0 Å². The Morgan fingerprint density at radius 1 is 1.17 bits per heavy atom. The molecule has 23 heavy (non-hydrogen) atoms. The number of carbonyl (C=O) groups is 2. The van der Waals surface area contributed by atoms with Crippen molar-refractivity contribution < 1.29 is 9.59 Å². The van der Waals surface area contributed by atoms with E-state index in [0.717, 1.165) is 19.4 Å². The highest BCUT2D eigenvalue weighted by Crippen LogP contribution is 2.44. The quantitative estimate of drug-likeness (QED) is 0.809. The molecule has 0 aliphatic carbocycles. The molecule has 2 N–H and O–H groups in total. The summed E-state index contributed by atoms with van der Waals surface area (Å²) in [6.07, 6.45) is 3.16. The van der Waals surface area contributed by atoms with Gasteiger partial charge >= 0.3 is 0 Å². The Balaban J connectivity index is 1.62. The molecule has 0 unspecified atom stereocenters. The molecule has 2 aliphatic rings. The third kappa shape index (κ3) is 3.55. The largest absolute Gasteiger partial charge is 0.355 e. The molecule has 2 saturated heterocycles. The highest BCUT2D eigenvalue weighted by Gasteiger charge is 2.46. The molecule has 5 nitrogen and oxygen atoms in total. The Kier molecular flexibility index (Phi) is 4.96. The van der Waals surface area contributed by atoms with E-state index in [0.29, 0.717) is 25.2 Å². The van der Waals surface area contributed by atoms with Crippen LogP contribution in [0.25, 0.3) is 0 Å². The van der Waals surface area contributed by atoms with E-state index >= 15 is 0 Å². The van der Waals surface area contributed by atoms with Crippen molar-refractivity contribution in [2.75, 3.05) is 19.6 Å². The summed E-state index contributed by atoms with van der Waals surface area (Å²) >= 11 is 0. The lowest BCUT2D eigenvalue weighted by Gasteiger charge is -2.24. The lowest BCUT2D eigenvalue weighted by atomic mass is 9.93. The van der Waals surface area contributed by atoms with Gasteiger partial charge in [-0.3, -0.25) is 14.5 Å². The Hall–Kier alpha value is -1.88. The van der Waals surface area contributed by atoms with Gasteiger partial charge in [-0.1, -0.05) is 30.3 Å². The lowest BCUT2D eigenvalue weighted by molar-refractivity contribution is -0.126. The zero-order valence-electron chi connectivity index (χ0n) is 13.6. The zero-order valence-corrected chi connectivity index (χ0v) is 13.6. The molecule has 0 aromatic heterocycles. The van der Waals surface area contributed by atoms with E-state index in [1.165, 1.54) is 18.9 Å². The van der Waals surface area contributed by atoms with Crippen LogP contribution in [0.15, 0.2) is 30.3 Å². The maximum absolute atomic E-state index is 12.6. The SMILES string of the molecule is CC(=O)NCCNC(=O)[C@@H]1C[C@H](c2ccccc2)N2CCC[C@@H]12. The number of hydrogen-bond acceptors (Lipinski definition) is 3. The first-order chi connectivity index (χ1) is 11.2. The van der Waals surface area contributed by atoms with Crippen LogP contribution in [0.2, 0.25) is 0 Å². The van der Waals surface area contributed by atoms with Gasteiger partial charge in [0.2, 0.25) is 11.8 Å². The zero-order chi connectivity index (χ0) is 16.2. The van der Waals surface area contributed by atoms with Gasteiger partial charge in [0.15, 0.2) is 0 Å². The molecule has 3 rings (SSSR count). The summed E-state index contributed by atoms with van der Waals surface area (Å²) in [5, 5.41) is 5.69. The van der Waals surface area contributed by atoms with Gasteiger partial charge in [0.05, 0.1) is 5.92 Å². The van der Waals surface area contributed by atoms with Crippen LogP contribution in [0.1, 0.15) is 37.8 Å². The van der Waals surface area contributed by atoms with Crippen LogP contribution in [-0.2, 0) is 9.59 Å². The third-order valence-corrected chi connectivity index (χ3v) is 5.00. The molecule has 1 aromatic carbocycles. The predicted molar refractivity (Wildman–Crippen MR) is 88.7 cm³/mol. The van der Waals surface area contributed by atoms with Crippen molar-refractivity contribution in [2.24, 2.45) is 5.92 Å². The van der Waals surface area contributed by atoms with E-state index in [2.05, 4.69) is 39.8 Å². The Morgan fingerprint density at radius 3 is 2.65 bits per heavy atom. The monoisotopic (exact) mass is 315 g/mol. The van der Waals surface area contributed by atoms with Crippen LogP contribution in [-0.4, -0.2) is 42.4 Å². The fourth-order valence-corrected chi connectivity index (χ4v) is 4.01. The summed E-state index contributed by atoms with van der Waals surface area (Å²) in [4.78, 5) is 25.9. The van der Waals surface area contributed by atoms with Gasteiger partial charge in [-0.05, 0) is 31.4 Å². The topological polar surface area (TPSA) is 61.4 Å². The molecule has 2 heterocycles. The fraction of sp³-hybridized carbons (Fsp3) is 0.556. The number of benzene rings is 1. The molecule has 1 aromatic rings. The van der Waals surface area contributed by atoms with Crippen LogP contribution < -0.4 is 10.6 Å². The second kappa shape index (κ2) is 7.13. The normalized spacial score (nSPS) is 26.7. The number of rotatable bonds is 5. The summed E-state index contributed by atoms with van der Waals surface area (Å²) in [5.74, 6) is 0.122. The van der Waals surface area contributed by atoms with Gasteiger partial charge in [0, 0.05) is 32.1 Å². The lowest BCUT2D eigenvalue weighted by Crippen LogP contribution is -2.40. The number of nitrogens with zero attached hydrogens (tertiary/aromatic N) is 1. The molecule has 3 atom stereocenters. The molecule has 124 valence electrons. The van der Waals surface area contributed by atoms with Crippen molar-refractivity contribution in [3.05, 3.63) is 35.9 Å². The number of amides is 2. The van der Waals surface area contributed by atoms with E-state index < -0.39 is 0 Å². The van der Waals surface area contributed by atoms with Crippen LogP contribution in [0, 0.1) is 5.92 Å². The molecule has 2 amide bonds. The summed E-state index contributed by atoms with van der Waals surface area (Å²) in [6.45, 7) is 3.56. The summed E-state index contributed by atoms with van der Waals surface area (Å²) in [7, 11) is 0. The highest BCUT2D eigenvalue weighted by molar-refractivity contribution is 5.80. The minimum atomic E-state index is -0.0637. The van der Waals surface area contributed by atoms with Gasteiger partial charge in [0.25, 0.3) is 0 Å². The average molecular weight is 315 g/mol. The smallest absolute Gasteiger partial charge is 0.224 e. The van der Waals surface area contributed by atoms with Gasteiger partial charge in [0.1, 0.15) is 0 Å². The third-order valence-electron chi connectivity index (χ3n) is 5.00. The van der Waals surface area contributed by atoms with Crippen molar-refractivity contribution in [2.45, 2.75) is 38.3 Å². The van der Waals surface area contributed by atoms with Gasteiger partial charge in [-0.25, -0.2) is 0 Å². The van der Waals surface area contributed by atoms with E-state index in [4.69, 9.17) is 0 Å². The molecule has 5 heteroatoms. The first kappa shape index (κ1) is 16.0. The van der Waals surface area contributed by atoms with E-state index in [1.54, 1.807) is 0 Å². The molecule has 0 saturated carbocycles. The first-order valence-electron chi connectivity index (χ1n) is 8.49. The summed E-state index contributed by atoms with van der Waals surface area (Å²) in [6, 6.07) is 11.2. The summed E-state index contributed by atoms with van der Waals surface area (Å²) in [5.41, 5.74) is 1.31. The number of hydrogen-bond donors (Lipinski definition) is 2. The van der Waals surface area contributed by atoms with E-state index in [-0.39, 0.29) is 17.7 Å². The van der Waals surface area contributed by atoms with Crippen molar-refractivity contribution in [1.82, 2.24) is 15.5 Å². The van der Waals surface area contributed by atoms with Crippen LogP contribution in [0.3, 0.4) is 0 Å². The molecule has 0 spiro atoms. The number of carbonyl (C=O) groups excluding carboxylic acids is 2. The van der Waals surface area contributed by atoms with Crippen LogP contribution in [0.5, 0.6) is 0 Å². The minimum Gasteiger partial charge on any atom is -0.355 e. The maximum Gasteiger partial charge on any atom is 0.224 e. The molecule has 0 bridgehead atoms. The highest BCUT2D eigenvalue weighted by atomic mass is 16.2. The maximum atomic E-state index is 12.6. The van der Waals surface area contributed by atoms with E-state index in [9.17, 15) is 9.59 Å². The molecular formula is C18H25N3O2. The average Bonchev–Trinajstić information content (AvgIpc) is 3.14. The second-order valence-corrected chi connectivity index (χ2v) is 6.49. The molecule has 0 radical (unpaired) electrons. The molecule has 2 fully saturated rings. The summed E-state index contributed by atoms with van der Waals surface area (Å²) < 4.78 is 0. The predicted octanol–water partition coefficient (Wildman–Crippen LogP) is 1.46. The Morgan fingerprint density at radius 2 is 1.91 bits per heavy atom. The minimum absolute atomic E-state index is 0.0556. The second-order valence-electron chi connectivity index (χ2n) is 6.49. The van der Waals surface area contributed by atoms with E-state index in [1.807, 2.05) is 6.07 Å². The number of nitrogens with one attached hydrogen (secondary N) is 2. The van der Waals surface area contributed by atoms with Gasteiger partial charge in [-0.2, -0.15) is 0 Å². The number of fused-ring (bicyclic) bond motifs is 1. The van der Waals surface area contributed by atoms with Crippen molar-refractivity contribution >= 4 is 11.8 Å². The first-order valence-corrected chi connectivity index (χ1v) is 8.49. The standard InChI is InChI=1S/C18H25N3O2/c1-13(22)19-9-10-20-18(23)15-12-17(14-6-3-2-4-7-14)21-11-5-8-16(15)21/h2-4,6-7,15-17H,5,8-12H2,1H3,(H,19,22)(H,20,23)/t15-,16+,17-/m1/s1. The van der Waals surface area contributed by atoms with Gasteiger partial charge in [-0.15, -0.1) is 0 Å². The van der Waals surface area contributed by atoms with Crippen molar-refractivity contribution in [3.8, 4) is 0 Å². The Labute approximate surface area is 137 Å². The Bertz CT molecular complexity index is 561. The van der Waals surface area contributed by atoms with Gasteiger partial charge < -0.3 is 10.6 Å². The molecule has 2 aliphatic heterocycles. The van der Waals surface area contributed by atoms with Crippen molar-refractivity contribution in [3.63, 3.8) is 0 Å². The molecular weight excluding hydrogens is 290 g/mol. The fourth-order valence-electron chi connectivity index (χ4n) is 4.01. The van der Waals surface area contributed by atoms with Crippen LogP contribution >= 0.6 is 0 Å².